The van der Waals surface area contributed by atoms with Crippen molar-refractivity contribution in [1.29, 1.82) is 0 Å². The van der Waals surface area contributed by atoms with Crippen molar-refractivity contribution in [2.24, 2.45) is 0 Å². The van der Waals surface area contributed by atoms with E-state index in [1.165, 1.54) is 6.26 Å². The molecule has 2 N–H and O–H groups in total. The maximum absolute atomic E-state index is 13.4. The molecule has 0 spiro atoms. The van der Waals surface area contributed by atoms with E-state index >= 15 is 0 Å². The van der Waals surface area contributed by atoms with E-state index in [-0.39, 0.29) is 12.5 Å². The lowest BCUT2D eigenvalue weighted by Gasteiger charge is -2.24. The number of furan rings is 1. The second kappa shape index (κ2) is 9.14. The third-order valence-corrected chi connectivity index (χ3v) is 5.62. The standard InChI is InChI=1S/C27H23N3O3/c31-25(26-11-6-14-33-26)18-30(17-19-7-2-1-3-8-19)27(32)24-16-23(28-29-24)22-13-12-20-9-4-5-10-21(20)15-22/h1-16,25,31H,17-18H2,(H,28,29). The van der Waals surface area contributed by atoms with Crippen molar-refractivity contribution >= 4 is 16.7 Å². The van der Waals surface area contributed by atoms with Gasteiger partial charge in [0.2, 0.25) is 0 Å². The Balaban J connectivity index is 1.41. The van der Waals surface area contributed by atoms with Gasteiger partial charge in [-0.15, -0.1) is 0 Å². The quantitative estimate of drug-likeness (QED) is 0.367. The number of aliphatic hydroxyl groups excluding tert-OH is 1. The zero-order valence-electron chi connectivity index (χ0n) is 17.9. The van der Waals surface area contributed by atoms with Crippen LogP contribution in [0.3, 0.4) is 0 Å². The fourth-order valence-corrected chi connectivity index (χ4v) is 3.90. The van der Waals surface area contributed by atoms with Gasteiger partial charge in [0.05, 0.1) is 18.5 Å². The van der Waals surface area contributed by atoms with E-state index in [9.17, 15) is 9.90 Å². The number of benzene rings is 3. The number of aromatic nitrogens is 2. The summed E-state index contributed by atoms with van der Waals surface area (Å²) in [6, 6.07) is 29.1. The van der Waals surface area contributed by atoms with Crippen LogP contribution in [0.2, 0.25) is 0 Å². The van der Waals surface area contributed by atoms with Crippen LogP contribution in [-0.4, -0.2) is 32.7 Å². The smallest absolute Gasteiger partial charge is 0.272 e. The van der Waals surface area contributed by atoms with Crippen molar-refractivity contribution in [3.63, 3.8) is 0 Å². The molecular formula is C27H23N3O3. The molecule has 1 unspecified atom stereocenters. The van der Waals surface area contributed by atoms with Gasteiger partial charge in [0.15, 0.2) is 0 Å². The number of carbonyl (C=O) groups is 1. The molecule has 0 aliphatic rings. The van der Waals surface area contributed by atoms with Crippen LogP contribution >= 0.6 is 0 Å². The summed E-state index contributed by atoms with van der Waals surface area (Å²) in [6.45, 7) is 0.438. The molecule has 0 aliphatic heterocycles. The van der Waals surface area contributed by atoms with Gasteiger partial charge in [-0.05, 0) is 40.6 Å². The van der Waals surface area contributed by atoms with E-state index in [0.717, 1.165) is 21.9 Å². The largest absolute Gasteiger partial charge is 0.467 e. The van der Waals surface area contributed by atoms with E-state index in [2.05, 4.69) is 28.4 Å². The number of hydrogen-bond donors (Lipinski definition) is 2. The van der Waals surface area contributed by atoms with E-state index in [4.69, 9.17) is 4.42 Å². The van der Waals surface area contributed by atoms with Crippen molar-refractivity contribution < 1.29 is 14.3 Å². The van der Waals surface area contributed by atoms with Gasteiger partial charge in [0.1, 0.15) is 17.6 Å². The number of H-pyrrole nitrogens is 1. The average Bonchev–Trinajstić information content (AvgIpc) is 3.56. The summed E-state index contributed by atoms with van der Waals surface area (Å²) in [7, 11) is 0. The van der Waals surface area contributed by atoms with Crippen LogP contribution < -0.4 is 0 Å². The summed E-state index contributed by atoms with van der Waals surface area (Å²) in [5, 5.41) is 20.1. The summed E-state index contributed by atoms with van der Waals surface area (Å²) in [6.07, 6.45) is 0.572. The molecular weight excluding hydrogens is 414 g/mol. The minimum Gasteiger partial charge on any atom is -0.467 e. The number of carbonyl (C=O) groups excluding carboxylic acids is 1. The molecule has 2 heterocycles. The SMILES string of the molecule is O=C(c1cc(-c2ccc3ccccc3c2)n[nH]1)N(Cc1ccccc1)CC(O)c1ccco1. The number of nitrogens with one attached hydrogen (secondary N) is 1. The Kier molecular flexibility index (Phi) is 5.74. The molecule has 3 aromatic carbocycles. The molecule has 0 saturated carbocycles. The third-order valence-electron chi connectivity index (χ3n) is 5.62. The lowest BCUT2D eigenvalue weighted by molar-refractivity contribution is 0.0558. The van der Waals surface area contributed by atoms with Crippen LogP contribution in [-0.2, 0) is 6.54 Å². The van der Waals surface area contributed by atoms with Gasteiger partial charge in [-0.2, -0.15) is 5.10 Å². The van der Waals surface area contributed by atoms with Crippen LogP contribution in [0.4, 0.5) is 0 Å². The molecule has 0 saturated heterocycles. The van der Waals surface area contributed by atoms with Gasteiger partial charge in [-0.3, -0.25) is 9.89 Å². The Morgan fingerprint density at radius 1 is 0.939 bits per heavy atom. The number of rotatable bonds is 7. The molecule has 6 nitrogen and oxygen atoms in total. The number of aliphatic hydroxyl groups is 1. The van der Waals surface area contributed by atoms with Crippen molar-refractivity contribution in [2.75, 3.05) is 6.54 Å². The second-order valence-electron chi connectivity index (χ2n) is 7.93. The fourth-order valence-electron chi connectivity index (χ4n) is 3.90. The highest BCUT2D eigenvalue weighted by molar-refractivity contribution is 5.94. The van der Waals surface area contributed by atoms with Crippen LogP contribution in [0.5, 0.6) is 0 Å². The molecule has 1 atom stereocenters. The second-order valence-corrected chi connectivity index (χ2v) is 7.93. The first-order chi connectivity index (χ1) is 16.2. The molecule has 5 aromatic rings. The van der Waals surface area contributed by atoms with Crippen LogP contribution in [0.1, 0.15) is 27.9 Å². The minimum absolute atomic E-state index is 0.0889. The fraction of sp³-hybridized carbons (Fsp3) is 0.111. The maximum Gasteiger partial charge on any atom is 0.272 e. The predicted octanol–water partition coefficient (Wildman–Crippen LogP) is 5.20. The van der Waals surface area contributed by atoms with Crippen LogP contribution in [0, 0.1) is 0 Å². The van der Waals surface area contributed by atoms with Crippen LogP contribution in [0.25, 0.3) is 22.0 Å². The molecule has 0 aliphatic carbocycles. The molecule has 5 rings (SSSR count). The zero-order valence-corrected chi connectivity index (χ0v) is 17.9. The van der Waals surface area contributed by atoms with Gasteiger partial charge in [-0.25, -0.2) is 0 Å². The van der Waals surface area contributed by atoms with E-state index in [1.807, 2.05) is 54.6 Å². The van der Waals surface area contributed by atoms with E-state index in [1.54, 1.807) is 23.1 Å². The summed E-state index contributed by atoms with van der Waals surface area (Å²) in [5.41, 5.74) is 2.94. The number of amides is 1. The highest BCUT2D eigenvalue weighted by Gasteiger charge is 2.23. The molecule has 6 heteroatoms. The molecule has 164 valence electrons. The van der Waals surface area contributed by atoms with Crippen molar-refractivity contribution in [2.45, 2.75) is 12.6 Å². The minimum atomic E-state index is -0.935. The van der Waals surface area contributed by atoms with Crippen molar-refractivity contribution in [3.8, 4) is 11.3 Å². The summed E-state index contributed by atoms with van der Waals surface area (Å²) in [4.78, 5) is 15.0. The number of fused-ring (bicyclic) bond motifs is 1. The van der Waals surface area contributed by atoms with Crippen LogP contribution in [0.15, 0.2) is 102 Å². The molecule has 2 aromatic heterocycles. The molecule has 1 amide bonds. The summed E-state index contributed by atoms with van der Waals surface area (Å²) >= 11 is 0. The first kappa shape index (κ1) is 20.7. The topological polar surface area (TPSA) is 82.4 Å². The van der Waals surface area contributed by atoms with Gasteiger partial charge >= 0.3 is 0 Å². The first-order valence-electron chi connectivity index (χ1n) is 10.8. The Morgan fingerprint density at radius 2 is 1.73 bits per heavy atom. The van der Waals surface area contributed by atoms with Gasteiger partial charge < -0.3 is 14.4 Å². The third kappa shape index (κ3) is 4.56. The lowest BCUT2D eigenvalue weighted by atomic mass is 10.0. The molecule has 33 heavy (non-hydrogen) atoms. The van der Waals surface area contributed by atoms with E-state index in [0.29, 0.717) is 23.7 Å². The Morgan fingerprint density at radius 3 is 2.52 bits per heavy atom. The van der Waals surface area contributed by atoms with Crippen molar-refractivity contribution in [3.05, 3.63) is 114 Å². The maximum atomic E-state index is 13.4. The molecule has 0 bridgehead atoms. The van der Waals surface area contributed by atoms with Crippen molar-refractivity contribution in [1.82, 2.24) is 15.1 Å². The van der Waals surface area contributed by atoms with E-state index < -0.39 is 6.10 Å². The Hall–Kier alpha value is -4.16. The highest BCUT2D eigenvalue weighted by atomic mass is 16.4. The number of nitrogens with zero attached hydrogens (tertiary/aromatic N) is 2. The Bertz CT molecular complexity index is 1360. The highest BCUT2D eigenvalue weighted by Crippen LogP contribution is 2.24. The average molecular weight is 437 g/mol. The summed E-state index contributed by atoms with van der Waals surface area (Å²) in [5.74, 6) is 0.173. The molecule has 0 fully saturated rings. The van der Waals surface area contributed by atoms with Gasteiger partial charge in [0.25, 0.3) is 5.91 Å². The molecule has 0 radical (unpaired) electrons. The normalized spacial score (nSPS) is 12.0. The number of aromatic amines is 1. The lowest BCUT2D eigenvalue weighted by Crippen LogP contribution is -2.34. The first-order valence-corrected chi connectivity index (χ1v) is 10.8. The monoisotopic (exact) mass is 437 g/mol. The zero-order chi connectivity index (χ0) is 22.6. The van der Waals surface area contributed by atoms with Gasteiger partial charge in [0, 0.05) is 12.1 Å². The predicted molar refractivity (Wildman–Crippen MR) is 126 cm³/mol. The number of hydrogen-bond acceptors (Lipinski definition) is 4. The van der Waals surface area contributed by atoms with Gasteiger partial charge in [-0.1, -0.05) is 66.7 Å². The summed E-state index contributed by atoms with van der Waals surface area (Å²) < 4.78 is 5.32. The Labute approximate surface area is 191 Å².